The Balaban J connectivity index is 3.05. The van der Waals surface area contributed by atoms with Crippen molar-refractivity contribution in [2.24, 2.45) is 0 Å². The van der Waals surface area contributed by atoms with Gasteiger partial charge in [-0.05, 0) is 12.5 Å². The molecular formula is C27H53Cl3O2Si. The van der Waals surface area contributed by atoms with Gasteiger partial charge in [-0.25, -0.2) is 0 Å². The lowest BCUT2D eigenvalue weighted by atomic mass is 10.0. The average Bonchev–Trinajstić information content (AvgIpc) is 2.75. The van der Waals surface area contributed by atoms with Crippen molar-refractivity contribution >= 4 is 45.2 Å². The molecule has 0 aromatic carbocycles. The molecule has 0 amide bonds. The maximum atomic E-state index is 10.4. The molecule has 0 fully saturated rings. The van der Waals surface area contributed by atoms with Gasteiger partial charge in [0, 0.05) is 6.42 Å². The lowest BCUT2D eigenvalue weighted by Crippen LogP contribution is -2.07. The average molecular weight is 544 g/mol. The van der Waals surface area contributed by atoms with Crippen LogP contribution in [0.2, 0.25) is 6.04 Å². The Morgan fingerprint density at radius 1 is 0.424 bits per heavy atom. The molecule has 0 aliphatic heterocycles. The first kappa shape index (κ1) is 33.6. The van der Waals surface area contributed by atoms with Crippen LogP contribution in [-0.2, 0) is 4.79 Å². The minimum atomic E-state index is -2.37. The van der Waals surface area contributed by atoms with E-state index in [-0.39, 0.29) is 0 Å². The van der Waals surface area contributed by atoms with Gasteiger partial charge in [0.25, 0.3) is 0 Å². The van der Waals surface area contributed by atoms with Gasteiger partial charge in [0.05, 0.1) is 0 Å². The van der Waals surface area contributed by atoms with Gasteiger partial charge in [-0.2, -0.15) is 0 Å². The largest absolute Gasteiger partial charge is 0.481 e. The van der Waals surface area contributed by atoms with E-state index in [4.69, 9.17) is 38.3 Å². The van der Waals surface area contributed by atoms with Crippen LogP contribution >= 0.6 is 33.2 Å². The van der Waals surface area contributed by atoms with E-state index in [1.165, 1.54) is 135 Å². The summed E-state index contributed by atoms with van der Waals surface area (Å²) in [5.74, 6) is -0.656. The molecule has 0 saturated heterocycles. The first-order chi connectivity index (χ1) is 15.9. The highest BCUT2D eigenvalue weighted by atomic mass is 35.8. The highest BCUT2D eigenvalue weighted by Crippen LogP contribution is 2.27. The maximum Gasteiger partial charge on any atom is 0.341 e. The summed E-state index contributed by atoms with van der Waals surface area (Å²) in [5, 5.41) is 8.60. The highest BCUT2D eigenvalue weighted by molar-refractivity contribution is 7.64. The van der Waals surface area contributed by atoms with Crippen molar-refractivity contribution in [1.82, 2.24) is 0 Å². The van der Waals surface area contributed by atoms with Crippen molar-refractivity contribution in [2.45, 2.75) is 167 Å². The van der Waals surface area contributed by atoms with E-state index in [0.717, 1.165) is 25.3 Å². The van der Waals surface area contributed by atoms with Gasteiger partial charge in [0.1, 0.15) is 0 Å². The Morgan fingerprint density at radius 3 is 0.848 bits per heavy atom. The minimum Gasteiger partial charge on any atom is -0.481 e. The van der Waals surface area contributed by atoms with Crippen LogP contribution in [0, 0.1) is 0 Å². The molecule has 0 heterocycles. The van der Waals surface area contributed by atoms with Gasteiger partial charge >= 0.3 is 12.0 Å². The van der Waals surface area contributed by atoms with Gasteiger partial charge in [-0.15, -0.1) is 33.2 Å². The zero-order valence-electron chi connectivity index (χ0n) is 21.4. The van der Waals surface area contributed by atoms with Crippen LogP contribution in [0.15, 0.2) is 0 Å². The monoisotopic (exact) mass is 542 g/mol. The summed E-state index contributed by atoms with van der Waals surface area (Å²) in [6, 6.07) is -1.56. The van der Waals surface area contributed by atoms with Crippen LogP contribution in [0.1, 0.15) is 161 Å². The summed E-state index contributed by atoms with van der Waals surface area (Å²) in [4.78, 5) is 10.4. The number of carboxylic acid groups (broad SMARTS) is 1. The second-order valence-electron chi connectivity index (χ2n) is 9.99. The molecule has 0 aliphatic rings. The Bertz CT molecular complexity index is 417. The molecule has 0 radical (unpaired) electrons. The van der Waals surface area contributed by atoms with Gasteiger partial charge < -0.3 is 5.11 Å². The topological polar surface area (TPSA) is 37.3 Å². The van der Waals surface area contributed by atoms with Gasteiger partial charge in [0.2, 0.25) is 0 Å². The Morgan fingerprint density at radius 2 is 0.636 bits per heavy atom. The van der Waals surface area contributed by atoms with E-state index < -0.39 is 12.0 Å². The molecule has 0 aromatic rings. The van der Waals surface area contributed by atoms with Crippen LogP contribution < -0.4 is 0 Å². The van der Waals surface area contributed by atoms with Gasteiger partial charge in [0.15, 0.2) is 0 Å². The number of aliphatic carboxylic acids is 1. The number of carboxylic acids is 1. The normalized spacial score (nSPS) is 11.8. The molecule has 0 bridgehead atoms. The summed E-state index contributed by atoms with van der Waals surface area (Å²) < 4.78 is 0. The van der Waals surface area contributed by atoms with Crippen LogP contribution in [0.25, 0.3) is 0 Å². The Labute approximate surface area is 221 Å². The molecule has 2 nitrogen and oxygen atoms in total. The predicted octanol–water partition coefficient (Wildman–Crippen LogP) is 11.5. The third-order valence-electron chi connectivity index (χ3n) is 6.60. The molecule has 6 heteroatoms. The highest BCUT2D eigenvalue weighted by Gasteiger charge is 2.23. The van der Waals surface area contributed by atoms with E-state index in [1.54, 1.807) is 0 Å². The zero-order valence-corrected chi connectivity index (χ0v) is 24.6. The second-order valence-corrected chi connectivity index (χ2v) is 19.3. The molecule has 33 heavy (non-hydrogen) atoms. The fourth-order valence-electron chi connectivity index (χ4n) is 4.49. The molecular weight excluding hydrogens is 491 g/mol. The summed E-state index contributed by atoms with van der Waals surface area (Å²) in [6.45, 7) is 0. The second kappa shape index (κ2) is 25.6. The lowest BCUT2D eigenvalue weighted by Gasteiger charge is -2.07. The maximum absolute atomic E-state index is 10.4. The number of hydrogen-bond donors (Lipinski definition) is 1. The number of carbonyl (C=O) groups is 1. The fraction of sp³-hybridized carbons (Fsp3) is 0.963. The number of unbranched alkanes of at least 4 members (excludes halogenated alkanes) is 23. The SMILES string of the molecule is O=C(O)CCCCCCCCCCCCCCCCCCCCCCCCCC[Si](Cl)(Cl)Cl. The number of halogens is 3. The van der Waals surface area contributed by atoms with Crippen molar-refractivity contribution in [3.8, 4) is 0 Å². The van der Waals surface area contributed by atoms with Crippen LogP contribution in [0.3, 0.4) is 0 Å². The van der Waals surface area contributed by atoms with E-state index in [9.17, 15) is 4.79 Å². The van der Waals surface area contributed by atoms with Crippen molar-refractivity contribution < 1.29 is 9.90 Å². The van der Waals surface area contributed by atoms with Crippen LogP contribution in [-0.4, -0.2) is 17.1 Å². The molecule has 0 atom stereocenters. The molecule has 0 aromatic heterocycles. The van der Waals surface area contributed by atoms with E-state index in [1.807, 2.05) is 0 Å². The Kier molecular flexibility index (Phi) is 26.1. The molecule has 1 N–H and O–H groups in total. The summed E-state index contributed by atoms with van der Waals surface area (Å²) >= 11 is 17.7. The minimum absolute atomic E-state index is 0.338. The molecule has 0 spiro atoms. The van der Waals surface area contributed by atoms with Gasteiger partial charge in [-0.1, -0.05) is 148 Å². The molecule has 198 valence electrons. The smallest absolute Gasteiger partial charge is 0.341 e. The summed E-state index contributed by atoms with van der Waals surface area (Å²) in [6.07, 6.45) is 32.2. The fourth-order valence-corrected chi connectivity index (χ4v) is 6.34. The van der Waals surface area contributed by atoms with E-state index in [2.05, 4.69) is 0 Å². The summed E-state index contributed by atoms with van der Waals surface area (Å²) in [5.41, 5.74) is 0. The Hall–Kier alpha value is 0.557. The van der Waals surface area contributed by atoms with Crippen molar-refractivity contribution in [3.63, 3.8) is 0 Å². The number of rotatable bonds is 27. The quantitative estimate of drug-likeness (QED) is 0.0635. The van der Waals surface area contributed by atoms with Crippen molar-refractivity contribution in [2.75, 3.05) is 0 Å². The first-order valence-electron chi connectivity index (χ1n) is 14.2. The molecule has 0 saturated carbocycles. The van der Waals surface area contributed by atoms with E-state index >= 15 is 0 Å². The summed E-state index contributed by atoms with van der Waals surface area (Å²) in [7, 11) is 0. The van der Waals surface area contributed by atoms with E-state index in [0.29, 0.717) is 6.42 Å². The van der Waals surface area contributed by atoms with Crippen molar-refractivity contribution in [1.29, 1.82) is 0 Å². The standard InChI is InChI=1S/C27H53Cl3O2Si/c28-33(29,30)26-24-22-20-18-16-14-12-10-8-6-4-2-1-3-5-7-9-11-13-15-17-19-21-23-25-27(31)32/h1-26H2,(H,31,32). The number of hydrogen-bond acceptors (Lipinski definition) is 1. The first-order valence-corrected chi connectivity index (χ1v) is 19.4. The third-order valence-corrected chi connectivity index (χ3v) is 9.22. The van der Waals surface area contributed by atoms with Crippen molar-refractivity contribution in [3.05, 3.63) is 0 Å². The lowest BCUT2D eigenvalue weighted by molar-refractivity contribution is -0.137. The predicted molar refractivity (Wildman–Crippen MR) is 151 cm³/mol. The van der Waals surface area contributed by atoms with Crippen LogP contribution in [0.4, 0.5) is 0 Å². The zero-order chi connectivity index (χ0) is 24.5. The molecule has 0 rings (SSSR count). The van der Waals surface area contributed by atoms with Gasteiger partial charge in [-0.3, -0.25) is 4.79 Å². The molecule has 0 aliphatic carbocycles. The van der Waals surface area contributed by atoms with Crippen LogP contribution in [0.5, 0.6) is 0 Å². The third kappa shape index (κ3) is 32.6. The molecule has 0 unspecified atom stereocenters.